The SMILES string of the molecule is O=C(Oc1ccc([C@H]2[C@H]3C(=O)N(Cc4ccccc4)C(=O)[C@@H]3ON2c2ccc(Cl)cc2)cc1)c1ccccc1. The lowest BCUT2D eigenvalue weighted by Gasteiger charge is -2.29. The van der Waals surface area contributed by atoms with Crippen molar-refractivity contribution in [2.24, 2.45) is 5.92 Å². The maximum Gasteiger partial charge on any atom is 0.343 e. The zero-order chi connectivity index (χ0) is 26.9. The molecule has 0 saturated carbocycles. The van der Waals surface area contributed by atoms with Crippen LogP contribution in [0.5, 0.6) is 5.75 Å². The van der Waals surface area contributed by atoms with E-state index in [1.54, 1.807) is 77.9 Å². The minimum atomic E-state index is -0.961. The number of halogens is 1. The zero-order valence-electron chi connectivity index (χ0n) is 20.6. The molecular formula is C31H23ClN2O5. The third-order valence-electron chi connectivity index (χ3n) is 6.91. The van der Waals surface area contributed by atoms with Gasteiger partial charge in [-0.3, -0.25) is 19.3 Å². The number of fused-ring (bicyclic) bond motifs is 1. The standard InChI is InChI=1S/C31H23ClN2O5/c32-23-13-15-24(16-14-23)34-27(21-11-17-25(18-12-21)38-31(37)22-9-5-2-6-10-22)26-28(39-34)30(36)33(29(26)35)19-20-7-3-1-4-8-20/h1-18,26-28H,19H2/t26-,27+,28-/m1/s1. The quantitative estimate of drug-likeness (QED) is 0.180. The predicted molar refractivity (Wildman–Crippen MR) is 145 cm³/mol. The van der Waals surface area contributed by atoms with Crippen molar-refractivity contribution < 1.29 is 24.0 Å². The topological polar surface area (TPSA) is 76.2 Å². The van der Waals surface area contributed by atoms with Crippen molar-refractivity contribution in [3.05, 3.63) is 131 Å². The summed E-state index contributed by atoms with van der Waals surface area (Å²) in [4.78, 5) is 47.0. The molecule has 3 atom stereocenters. The van der Waals surface area contributed by atoms with Gasteiger partial charge < -0.3 is 4.74 Å². The van der Waals surface area contributed by atoms with Crippen LogP contribution in [0.2, 0.25) is 5.02 Å². The second-order valence-corrected chi connectivity index (χ2v) is 9.81. The first-order valence-electron chi connectivity index (χ1n) is 12.5. The number of benzene rings is 4. The Balaban J connectivity index is 1.30. The third-order valence-corrected chi connectivity index (χ3v) is 7.16. The summed E-state index contributed by atoms with van der Waals surface area (Å²) in [5, 5.41) is 2.16. The molecule has 39 heavy (non-hydrogen) atoms. The summed E-state index contributed by atoms with van der Waals surface area (Å²) in [6.45, 7) is 0.177. The van der Waals surface area contributed by atoms with Crippen LogP contribution >= 0.6 is 11.6 Å². The Hall–Kier alpha value is -4.46. The van der Waals surface area contributed by atoms with Gasteiger partial charge in [-0.2, -0.15) is 0 Å². The summed E-state index contributed by atoms with van der Waals surface area (Å²) in [6.07, 6.45) is -0.961. The predicted octanol–water partition coefficient (Wildman–Crippen LogP) is 5.61. The molecule has 0 unspecified atom stereocenters. The molecule has 2 fully saturated rings. The Morgan fingerprint density at radius 3 is 2.10 bits per heavy atom. The number of nitrogens with zero attached hydrogens (tertiary/aromatic N) is 2. The molecule has 2 heterocycles. The van der Waals surface area contributed by atoms with Gasteiger partial charge in [-0.15, -0.1) is 0 Å². The van der Waals surface area contributed by atoms with E-state index in [1.165, 1.54) is 4.90 Å². The van der Waals surface area contributed by atoms with Gasteiger partial charge in [0.15, 0.2) is 6.10 Å². The summed E-state index contributed by atoms with van der Waals surface area (Å²) in [5.74, 6) is -1.53. The summed E-state index contributed by atoms with van der Waals surface area (Å²) >= 11 is 6.10. The van der Waals surface area contributed by atoms with Crippen molar-refractivity contribution in [2.45, 2.75) is 18.7 Å². The second kappa shape index (κ2) is 10.4. The lowest BCUT2D eigenvalue weighted by Crippen LogP contribution is -2.36. The van der Waals surface area contributed by atoms with Crippen LogP contribution < -0.4 is 9.80 Å². The van der Waals surface area contributed by atoms with Crippen LogP contribution in [0.3, 0.4) is 0 Å². The van der Waals surface area contributed by atoms with E-state index >= 15 is 0 Å². The molecule has 0 radical (unpaired) electrons. The van der Waals surface area contributed by atoms with Crippen molar-refractivity contribution in [3.63, 3.8) is 0 Å². The maximum atomic E-state index is 13.7. The van der Waals surface area contributed by atoms with E-state index in [1.807, 2.05) is 36.4 Å². The third kappa shape index (κ3) is 4.78. The van der Waals surface area contributed by atoms with E-state index in [0.29, 0.717) is 22.0 Å². The average Bonchev–Trinajstić information content (AvgIpc) is 3.47. The number of hydrogen-bond acceptors (Lipinski definition) is 6. The summed E-state index contributed by atoms with van der Waals surface area (Å²) in [7, 11) is 0. The number of amides is 2. The van der Waals surface area contributed by atoms with Gasteiger partial charge in [0.05, 0.1) is 23.8 Å². The molecule has 2 aliphatic heterocycles. The zero-order valence-corrected chi connectivity index (χ0v) is 21.4. The molecule has 2 amide bonds. The first-order valence-corrected chi connectivity index (χ1v) is 12.9. The van der Waals surface area contributed by atoms with Crippen LogP contribution in [0.1, 0.15) is 27.5 Å². The van der Waals surface area contributed by atoms with Crippen LogP contribution in [0.25, 0.3) is 0 Å². The van der Waals surface area contributed by atoms with Gasteiger partial charge in [0, 0.05) is 5.02 Å². The van der Waals surface area contributed by atoms with Crippen molar-refractivity contribution in [2.75, 3.05) is 5.06 Å². The van der Waals surface area contributed by atoms with Crippen molar-refractivity contribution in [1.29, 1.82) is 0 Å². The average molecular weight is 539 g/mol. The molecule has 0 aromatic heterocycles. The molecular weight excluding hydrogens is 516 g/mol. The van der Waals surface area contributed by atoms with E-state index in [2.05, 4.69) is 0 Å². The molecule has 7 nitrogen and oxygen atoms in total. The fraction of sp³-hybridized carbons (Fsp3) is 0.129. The summed E-state index contributed by atoms with van der Waals surface area (Å²) in [6, 6.07) is 31.4. The smallest absolute Gasteiger partial charge is 0.343 e. The maximum absolute atomic E-state index is 13.7. The van der Waals surface area contributed by atoms with Gasteiger partial charge in [0.1, 0.15) is 11.7 Å². The highest BCUT2D eigenvalue weighted by atomic mass is 35.5. The molecule has 0 bridgehead atoms. The number of rotatable bonds is 6. The van der Waals surface area contributed by atoms with E-state index in [-0.39, 0.29) is 18.4 Å². The van der Waals surface area contributed by atoms with Crippen LogP contribution in [0.15, 0.2) is 109 Å². The van der Waals surface area contributed by atoms with Crippen molar-refractivity contribution in [3.8, 4) is 5.75 Å². The molecule has 4 aromatic carbocycles. The van der Waals surface area contributed by atoms with Crippen molar-refractivity contribution >= 4 is 35.1 Å². The fourth-order valence-electron chi connectivity index (χ4n) is 5.02. The molecule has 0 N–H and O–H groups in total. The van der Waals surface area contributed by atoms with Crippen LogP contribution in [0.4, 0.5) is 5.69 Å². The molecule has 194 valence electrons. The number of imide groups is 1. The minimum absolute atomic E-state index is 0.177. The van der Waals surface area contributed by atoms with Crippen LogP contribution in [-0.4, -0.2) is 28.8 Å². The lowest BCUT2D eigenvalue weighted by atomic mass is 9.90. The number of carbonyl (C=O) groups is 3. The Bertz CT molecular complexity index is 1510. The first kappa shape index (κ1) is 24.9. The molecule has 0 spiro atoms. The van der Waals surface area contributed by atoms with Gasteiger partial charge >= 0.3 is 5.97 Å². The number of hydroxylamine groups is 1. The number of anilines is 1. The highest BCUT2D eigenvalue weighted by Crippen LogP contribution is 2.47. The molecule has 2 aliphatic rings. The van der Waals surface area contributed by atoms with Gasteiger partial charge in [-0.05, 0) is 59.7 Å². The summed E-state index contributed by atoms with van der Waals surface area (Å²) in [5.41, 5.74) is 2.69. The van der Waals surface area contributed by atoms with Crippen molar-refractivity contribution in [1.82, 2.24) is 4.90 Å². The van der Waals surface area contributed by atoms with E-state index in [4.69, 9.17) is 21.2 Å². The lowest BCUT2D eigenvalue weighted by molar-refractivity contribution is -0.143. The normalized spacial score (nSPS) is 20.3. The number of hydrogen-bond donors (Lipinski definition) is 0. The van der Waals surface area contributed by atoms with E-state index in [9.17, 15) is 14.4 Å². The number of esters is 1. The summed E-state index contributed by atoms with van der Waals surface area (Å²) < 4.78 is 5.52. The Labute approximate surface area is 230 Å². The van der Waals surface area contributed by atoms with Gasteiger partial charge in [0.2, 0.25) is 5.91 Å². The van der Waals surface area contributed by atoms with Crippen LogP contribution in [-0.2, 0) is 21.0 Å². The first-order chi connectivity index (χ1) is 19.0. The Kier molecular flexibility index (Phi) is 6.60. The molecule has 6 rings (SSSR count). The Morgan fingerprint density at radius 1 is 0.795 bits per heavy atom. The largest absolute Gasteiger partial charge is 0.423 e. The molecule has 4 aromatic rings. The van der Waals surface area contributed by atoms with Gasteiger partial charge in [-0.25, -0.2) is 9.86 Å². The van der Waals surface area contributed by atoms with Crippen LogP contribution in [0, 0.1) is 5.92 Å². The number of carbonyl (C=O) groups excluding carboxylic acids is 3. The highest BCUT2D eigenvalue weighted by molar-refractivity contribution is 6.30. The molecule has 0 aliphatic carbocycles. The number of likely N-dealkylation sites (tertiary alicyclic amines) is 1. The van der Waals surface area contributed by atoms with E-state index in [0.717, 1.165) is 11.1 Å². The second-order valence-electron chi connectivity index (χ2n) is 9.37. The fourth-order valence-corrected chi connectivity index (χ4v) is 5.14. The Morgan fingerprint density at radius 2 is 1.44 bits per heavy atom. The molecule has 8 heteroatoms. The van der Waals surface area contributed by atoms with Gasteiger partial charge in [0.25, 0.3) is 5.91 Å². The number of ether oxygens (including phenoxy) is 1. The molecule has 2 saturated heterocycles. The van der Waals surface area contributed by atoms with E-state index < -0.39 is 24.0 Å². The highest BCUT2D eigenvalue weighted by Gasteiger charge is 2.59. The minimum Gasteiger partial charge on any atom is -0.423 e. The van der Waals surface area contributed by atoms with Gasteiger partial charge in [-0.1, -0.05) is 72.3 Å². The monoisotopic (exact) mass is 538 g/mol.